The summed E-state index contributed by atoms with van der Waals surface area (Å²) in [5.41, 5.74) is 8.62. The van der Waals surface area contributed by atoms with E-state index >= 15 is 0 Å². The Hall–Kier alpha value is -3.49. The highest BCUT2D eigenvalue weighted by molar-refractivity contribution is 7.91. The highest BCUT2D eigenvalue weighted by atomic mass is 32.2. The molecule has 0 spiro atoms. The lowest BCUT2D eigenvalue weighted by Gasteiger charge is -2.27. The number of nitrogens with zero attached hydrogens (tertiary/aromatic N) is 4. The van der Waals surface area contributed by atoms with Crippen molar-refractivity contribution >= 4 is 27.2 Å². The number of fused-ring (bicyclic) bond motifs is 1. The largest absolute Gasteiger partial charge is 0.381 e. The van der Waals surface area contributed by atoms with Gasteiger partial charge < -0.3 is 15.8 Å². The smallest absolute Gasteiger partial charge is 0.271 e. The fraction of sp³-hybridized carbons (Fsp3) is 0.391. The number of carbonyl (C=O) groups excluding carboxylic acids is 1. The standard InChI is InChI=1S/C23H26N6O4S/c1-14-3-6-17(34(31,32)13-15-4-5-16(7-8-24)33-12-15)9-18(14)20-10-27-22-21(25)28-19(11-29(20)22)23(30)26-2/h3,6,9-11,15-16H,4-5,7,12-13H2,1-2H3,(H2,25,28)(H,26,30)/t15?,16-/m1/s1. The quantitative estimate of drug-likeness (QED) is 0.542. The van der Waals surface area contributed by atoms with Crippen molar-refractivity contribution in [2.75, 3.05) is 25.1 Å². The number of rotatable bonds is 6. The zero-order chi connectivity index (χ0) is 24.5. The molecule has 0 radical (unpaired) electrons. The molecule has 3 heterocycles. The number of benzene rings is 1. The fourth-order valence-corrected chi connectivity index (χ4v) is 5.83. The Bertz CT molecular complexity index is 1380. The number of sulfone groups is 1. The highest BCUT2D eigenvalue weighted by Crippen LogP contribution is 2.30. The minimum absolute atomic E-state index is 0.0282. The van der Waals surface area contributed by atoms with E-state index in [0.29, 0.717) is 42.8 Å². The molecular formula is C23H26N6O4S. The summed E-state index contributed by atoms with van der Waals surface area (Å²) < 4.78 is 33.8. The normalized spacial score (nSPS) is 18.5. The molecule has 1 aliphatic heterocycles. The van der Waals surface area contributed by atoms with Crippen LogP contribution in [0.1, 0.15) is 35.3 Å². The second-order valence-corrected chi connectivity index (χ2v) is 10.5. The predicted molar refractivity (Wildman–Crippen MR) is 126 cm³/mol. The average Bonchev–Trinajstić information content (AvgIpc) is 3.24. The molecule has 2 aromatic heterocycles. The van der Waals surface area contributed by atoms with E-state index in [9.17, 15) is 13.2 Å². The number of imidazole rings is 1. The minimum atomic E-state index is -3.58. The third-order valence-corrected chi connectivity index (χ3v) is 7.94. The maximum Gasteiger partial charge on any atom is 0.271 e. The summed E-state index contributed by atoms with van der Waals surface area (Å²) in [4.78, 5) is 20.7. The molecule has 1 fully saturated rings. The topological polar surface area (TPSA) is 152 Å². The van der Waals surface area contributed by atoms with Crippen LogP contribution < -0.4 is 11.1 Å². The summed E-state index contributed by atoms with van der Waals surface area (Å²) in [6.07, 6.45) is 4.70. The minimum Gasteiger partial charge on any atom is -0.381 e. The van der Waals surface area contributed by atoms with Gasteiger partial charge in [-0.05, 0) is 43.4 Å². The molecule has 11 heteroatoms. The first kappa shape index (κ1) is 23.7. The lowest BCUT2D eigenvalue weighted by atomic mass is 9.99. The van der Waals surface area contributed by atoms with Crippen molar-refractivity contribution < 1.29 is 17.9 Å². The molecule has 1 aliphatic rings. The van der Waals surface area contributed by atoms with Gasteiger partial charge in [-0.2, -0.15) is 5.26 Å². The molecule has 178 valence electrons. The van der Waals surface area contributed by atoms with E-state index in [2.05, 4.69) is 21.4 Å². The van der Waals surface area contributed by atoms with E-state index in [0.717, 1.165) is 5.56 Å². The zero-order valence-electron chi connectivity index (χ0n) is 19.0. The molecule has 4 rings (SSSR count). The van der Waals surface area contributed by atoms with Crippen molar-refractivity contribution in [2.24, 2.45) is 5.92 Å². The van der Waals surface area contributed by atoms with Gasteiger partial charge in [0, 0.05) is 18.8 Å². The molecule has 34 heavy (non-hydrogen) atoms. The van der Waals surface area contributed by atoms with Crippen molar-refractivity contribution in [3.05, 3.63) is 41.9 Å². The molecule has 3 N–H and O–H groups in total. The van der Waals surface area contributed by atoms with Gasteiger partial charge in [-0.1, -0.05) is 6.07 Å². The van der Waals surface area contributed by atoms with Crippen LogP contribution in [0.3, 0.4) is 0 Å². The van der Waals surface area contributed by atoms with Crippen molar-refractivity contribution in [3.63, 3.8) is 0 Å². The molecule has 0 saturated carbocycles. The maximum absolute atomic E-state index is 13.2. The van der Waals surface area contributed by atoms with Crippen LogP contribution in [-0.2, 0) is 14.6 Å². The first-order chi connectivity index (χ1) is 16.2. The van der Waals surface area contributed by atoms with Crippen LogP contribution in [0, 0.1) is 24.2 Å². The molecule has 1 amide bonds. The van der Waals surface area contributed by atoms with Crippen LogP contribution in [0.2, 0.25) is 0 Å². The summed E-state index contributed by atoms with van der Waals surface area (Å²) >= 11 is 0. The predicted octanol–water partition coefficient (Wildman–Crippen LogP) is 2.13. The van der Waals surface area contributed by atoms with Crippen LogP contribution in [0.5, 0.6) is 0 Å². The number of carbonyl (C=O) groups is 1. The molecule has 1 saturated heterocycles. The van der Waals surface area contributed by atoms with Gasteiger partial charge in [0.1, 0.15) is 5.69 Å². The molecule has 3 aromatic rings. The molecule has 2 atom stereocenters. The van der Waals surface area contributed by atoms with Gasteiger partial charge in [0.05, 0.1) is 47.7 Å². The number of aryl methyl sites for hydroxylation is 1. The van der Waals surface area contributed by atoms with Gasteiger partial charge in [0.2, 0.25) is 0 Å². The number of anilines is 1. The van der Waals surface area contributed by atoms with Gasteiger partial charge >= 0.3 is 0 Å². The van der Waals surface area contributed by atoms with Crippen molar-refractivity contribution in [1.29, 1.82) is 5.26 Å². The number of amides is 1. The molecular weight excluding hydrogens is 456 g/mol. The number of nitrogens with one attached hydrogen (secondary N) is 1. The van der Waals surface area contributed by atoms with E-state index in [1.807, 2.05) is 6.92 Å². The van der Waals surface area contributed by atoms with Crippen molar-refractivity contribution in [1.82, 2.24) is 19.7 Å². The second kappa shape index (κ2) is 9.40. The lowest BCUT2D eigenvalue weighted by Crippen LogP contribution is -2.30. The van der Waals surface area contributed by atoms with Gasteiger partial charge in [0.25, 0.3) is 5.91 Å². The Kier molecular flexibility index (Phi) is 6.54. The van der Waals surface area contributed by atoms with E-state index in [1.165, 1.54) is 13.2 Å². The van der Waals surface area contributed by atoms with Gasteiger partial charge in [0.15, 0.2) is 21.3 Å². The number of nitrogens with two attached hydrogens (primary N) is 1. The number of hydrogen-bond acceptors (Lipinski definition) is 8. The Morgan fingerprint density at radius 3 is 2.85 bits per heavy atom. The first-order valence-electron chi connectivity index (χ1n) is 10.9. The third-order valence-electron chi connectivity index (χ3n) is 6.06. The fourth-order valence-electron chi connectivity index (χ4n) is 4.18. The highest BCUT2D eigenvalue weighted by Gasteiger charge is 2.28. The van der Waals surface area contributed by atoms with Crippen LogP contribution in [0.15, 0.2) is 35.5 Å². The molecule has 10 nitrogen and oxygen atoms in total. The van der Waals surface area contributed by atoms with E-state index in [1.54, 1.807) is 28.8 Å². The van der Waals surface area contributed by atoms with Crippen molar-refractivity contribution in [2.45, 2.75) is 37.2 Å². The Balaban J connectivity index is 1.67. The molecule has 1 unspecified atom stereocenters. The number of nitriles is 1. The van der Waals surface area contributed by atoms with Gasteiger partial charge in [-0.25, -0.2) is 18.4 Å². The SMILES string of the molecule is CNC(=O)c1cn2c(-c3cc(S(=O)(=O)CC4CC[C@H](CC#N)OC4)ccc3C)cnc2c(N)n1. The maximum atomic E-state index is 13.2. The van der Waals surface area contributed by atoms with Gasteiger partial charge in [-0.15, -0.1) is 0 Å². The Labute approximate surface area is 197 Å². The average molecular weight is 483 g/mol. The summed E-state index contributed by atoms with van der Waals surface area (Å²) in [6, 6.07) is 7.09. The lowest BCUT2D eigenvalue weighted by molar-refractivity contribution is -0.00691. The van der Waals surface area contributed by atoms with Crippen molar-refractivity contribution in [3.8, 4) is 17.3 Å². The monoisotopic (exact) mass is 482 g/mol. The summed E-state index contributed by atoms with van der Waals surface area (Å²) in [6.45, 7) is 2.20. The summed E-state index contributed by atoms with van der Waals surface area (Å²) in [5, 5.41) is 11.3. The van der Waals surface area contributed by atoms with Crippen LogP contribution in [0.4, 0.5) is 5.82 Å². The molecule has 0 bridgehead atoms. The third kappa shape index (κ3) is 4.60. The zero-order valence-corrected chi connectivity index (χ0v) is 19.8. The first-order valence-corrected chi connectivity index (χ1v) is 12.6. The second-order valence-electron chi connectivity index (χ2n) is 8.45. The Morgan fingerprint density at radius 2 is 2.18 bits per heavy atom. The van der Waals surface area contributed by atoms with E-state index < -0.39 is 15.7 Å². The van der Waals surface area contributed by atoms with Crippen LogP contribution in [-0.4, -0.2) is 54.2 Å². The van der Waals surface area contributed by atoms with Crippen LogP contribution in [0.25, 0.3) is 16.9 Å². The van der Waals surface area contributed by atoms with E-state index in [-0.39, 0.29) is 34.2 Å². The number of hydrogen-bond donors (Lipinski definition) is 2. The molecule has 0 aliphatic carbocycles. The van der Waals surface area contributed by atoms with E-state index in [4.69, 9.17) is 15.7 Å². The Morgan fingerprint density at radius 1 is 1.38 bits per heavy atom. The molecule has 1 aromatic carbocycles. The van der Waals surface area contributed by atoms with Gasteiger partial charge in [-0.3, -0.25) is 9.20 Å². The number of ether oxygens (including phenoxy) is 1. The van der Waals surface area contributed by atoms with Crippen LogP contribution >= 0.6 is 0 Å². The number of nitrogen functional groups attached to an aromatic ring is 1. The number of aromatic nitrogens is 3. The summed E-state index contributed by atoms with van der Waals surface area (Å²) in [5.74, 6) is -0.449. The summed E-state index contributed by atoms with van der Waals surface area (Å²) in [7, 11) is -2.08.